The minimum atomic E-state index is -0.215. The summed E-state index contributed by atoms with van der Waals surface area (Å²) in [6.07, 6.45) is 7.27. The smallest absolute Gasteiger partial charge is 0.314 e. The molecule has 0 aliphatic rings. The summed E-state index contributed by atoms with van der Waals surface area (Å²) in [5.74, 6) is 0.228. The maximum Gasteiger partial charge on any atom is 0.314 e. The first-order valence-electron chi connectivity index (χ1n) is 11.5. The maximum atomic E-state index is 12.8. The van der Waals surface area contributed by atoms with Crippen LogP contribution in [0.3, 0.4) is 0 Å². The Kier molecular flexibility index (Phi) is 9.85. The van der Waals surface area contributed by atoms with Crippen LogP contribution >= 0.6 is 0 Å². The van der Waals surface area contributed by atoms with Crippen molar-refractivity contribution in [3.8, 4) is 11.5 Å². The van der Waals surface area contributed by atoms with Gasteiger partial charge in [-0.05, 0) is 37.1 Å². The number of hydrogen-bond donors (Lipinski definition) is 0. The van der Waals surface area contributed by atoms with Crippen LogP contribution in [0.15, 0.2) is 36.4 Å². The molecule has 0 bridgehead atoms. The highest BCUT2D eigenvalue weighted by Crippen LogP contribution is 2.33. The molecule has 4 nitrogen and oxygen atoms in total. The molecule has 0 aromatic heterocycles. The highest BCUT2D eigenvalue weighted by molar-refractivity contribution is 5.92. The quantitative estimate of drug-likeness (QED) is 0.276. The summed E-state index contributed by atoms with van der Waals surface area (Å²) in [7, 11) is 0. The molecule has 0 amide bonds. The molecule has 2 unspecified atom stereocenters. The molecular formula is C26H36O4. The Balaban J connectivity index is 2.26. The molecule has 0 fully saturated rings. The van der Waals surface area contributed by atoms with E-state index in [0.29, 0.717) is 11.5 Å². The van der Waals surface area contributed by atoms with Crippen molar-refractivity contribution in [3.63, 3.8) is 0 Å². The van der Waals surface area contributed by atoms with Crippen molar-refractivity contribution in [3.05, 3.63) is 36.4 Å². The number of carbonyl (C=O) groups is 2. The van der Waals surface area contributed by atoms with Gasteiger partial charge in [-0.15, -0.1) is 0 Å². The fourth-order valence-electron chi connectivity index (χ4n) is 3.66. The molecule has 0 spiro atoms. The second-order valence-corrected chi connectivity index (χ2v) is 7.98. The average molecular weight is 413 g/mol. The van der Waals surface area contributed by atoms with Crippen molar-refractivity contribution in [2.45, 2.75) is 79.1 Å². The van der Waals surface area contributed by atoms with E-state index in [1.54, 1.807) is 6.07 Å². The highest BCUT2D eigenvalue weighted by Gasteiger charge is 2.22. The first-order valence-corrected chi connectivity index (χ1v) is 11.5. The van der Waals surface area contributed by atoms with Gasteiger partial charge in [0.25, 0.3) is 0 Å². The Morgan fingerprint density at radius 1 is 0.800 bits per heavy atom. The second kappa shape index (κ2) is 12.4. The first-order chi connectivity index (χ1) is 14.5. The van der Waals surface area contributed by atoms with Gasteiger partial charge in [-0.1, -0.05) is 77.6 Å². The van der Waals surface area contributed by atoms with Gasteiger partial charge in [0.1, 0.15) is 11.5 Å². The number of esters is 2. The fourth-order valence-corrected chi connectivity index (χ4v) is 3.66. The summed E-state index contributed by atoms with van der Waals surface area (Å²) in [5.41, 5.74) is 0. The first kappa shape index (κ1) is 23.9. The Labute approximate surface area is 181 Å². The largest absolute Gasteiger partial charge is 0.426 e. The van der Waals surface area contributed by atoms with Crippen LogP contribution in [0.4, 0.5) is 0 Å². The average Bonchev–Trinajstić information content (AvgIpc) is 2.75. The minimum Gasteiger partial charge on any atom is -0.426 e. The monoisotopic (exact) mass is 412 g/mol. The summed E-state index contributed by atoms with van der Waals surface area (Å²) in [4.78, 5) is 25.4. The van der Waals surface area contributed by atoms with E-state index >= 15 is 0 Å². The lowest BCUT2D eigenvalue weighted by atomic mass is 9.99. The van der Waals surface area contributed by atoms with Crippen molar-refractivity contribution in [1.29, 1.82) is 0 Å². The topological polar surface area (TPSA) is 52.6 Å². The Morgan fingerprint density at radius 2 is 1.37 bits per heavy atom. The summed E-state index contributed by atoms with van der Waals surface area (Å²) in [5, 5.41) is 1.72. The molecule has 0 radical (unpaired) electrons. The van der Waals surface area contributed by atoms with Crippen molar-refractivity contribution in [2.75, 3.05) is 0 Å². The van der Waals surface area contributed by atoms with Crippen LogP contribution in [0.25, 0.3) is 10.8 Å². The normalized spacial score (nSPS) is 13.1. The van der Waals surface area contributed by atoms with Crippen molar-refractivity contribution in [1.82, 2.24) is 0 Å². The molecule has 2 aromatic carbocycles. The summed E-state index contributed by atoms with van der Waals surface area (Å²) in [6, 6.07) is 11.2. The van der Waals surface area contributed by atoms with Gasteiger partial charge in [0, 0.05) is 11.5 Å². The Hall–Kier alpha value is -2.36. The van der Waals surface area contributed by atoms with Crippen LogP contribution in [0, 0.1) is 11.8 Å². The fraction of sp³-hybridized carbons (Fsp3) is 0.538. The van der Waals surface area contributed by atoms with Crippen LogP contribution in [0.5, 0.6) is 11.5 Å². The van der Waals surface area contributed by atoms with E-state index in [2.05, 4.69) is 13.8 Å². The Morgan fingerprint density at radius 3 is 1.93 bits per heavy atom. The van der Waals surface area contributed by atoms with E-state index < -0.39 is 0 Å². The molecule has 30 heavy (non-hydrogen) atoms. The van der Waals surface area contributed by atoms with E-state index in [1.807, 2.05) is 44.2 Å². The molecule has 0 aliphatic heterocycles. The van der Waals surface area contributed by atoms with E-state index in [0.717, 1.165) is 62.1 Å². The van der Waals surface area contributed by atoms with E-state index in [4.69, 9.17) is 9.47 Å². The number of carbonyl (C=O) groups excluding carboxylic acids is 2. The van der Waals surface area contributed by atoms with Gasteiger partial charge >= 0.3 is 11.9 Å². The third-order valence-electron chi connectivity index (χ3n) is 5.69. The lowest BCUT2D eigenvalue weighted by Gasteiger charge is -2.17. The predicted octanol–water partition coefficient (Wildman–Crippen LogP) is 7.08. The molecule has 164 valence electrons. The molecule has 0 saturated carbocycles. The number of rotatable bonds is 12. The van der Waals surface area contributed by atoms with Crippen molar-refractivity contribution >= 4 is 22.7 Å². The standard InChI is InChI=1S/C26H36O4/c1-5-9-13-19(7-3)25(27)29-22-17-21-15-11-12-16-23(21)24(18-22)30-26(28)20(8-4)14-10-6-2/h11-12,15-20H,5-10,13-14H2,1-4H3. The molecule has 0 N–H and O–H groups in total. The molecule has 2 aromatic rings. The maximum absolute atomic E-state index is 12.8. The minimum absolute atomic E-state index is 0.110. The predicted molar refractivity (Wildman–Crippen MR) is 122 cm³/mol. The molecular weight excluding hydrogens is 376 g/mol. The van der Waals surface area contributed by atoms with Crippen LogP contribution in [0.1, 0.15) is 79.1 Å². The third-order valence-corrected chi connectivity index (χ3v) is 5.69. The van der Waals surface area contributed by atoms with Gasteiger partial charge in [-0.3, -0.25) is 9.59 Å². The van der Waals surface area contributed by atoms with Crippen LogP contribution in [-0.4, -0.2) is 11.9 Å². The van der Waals surface area contributed by atoms with Gasteiger partial charge in [-0.2, -0.15) is 0 Å². The third kappa shape index (κ3) is 6.58. The van der Waals surface area contributed by atoms with Gasteiger partial charge in [0.15, 0.2) is 0 Å². The summed E-state index contributed by atoms with van der Waals surface area (Å²) >= 11 is 0. The lowest BCUT2D eigenvalue weighted by molar-refractivity contribution is -0.139. The van der Waals surface area contributed by atoms with Crippen LogP contribution < -0.4 is 9.47 Å². The number of unbranched alkanes of at least 4 members (excludes halogenated alkanes) is 2. The van der Waals surface area contributed by atoms with Crippen LogP contribution in [-0.2, 0) is 9.59 Å². The van der Waals surface area contributed by atoms with Gasteiger partial charge in [-0.25, -0.2) is 0 Å². The SMILES string of the molecule is CCCCC(CC)C(=O)Oc1cc(OC(=O)C(CC)CCCC)c2ccccc2c1. The molecule has 2 atom stereocenters. The zero-order valence-electron chi connectivity index (χ0n) is 18.9. The molecule has 2 rings (SSSR count). The van der Waals surface area contributed by atoms with E-state index in [1.165, 1.54) is 0 Å². The number of benzene rings is 2. The highest BCUT2D eigenvalue weighted by atomic mass is 16.5. The van der Waals surface area contributed by atoms with Crippen molar-refractivity contribution in [2.24, 2.45) is 11.8 Å². The van der Waals surface area contributed by atoms with Gasteiger partial charge < -0.3 is 9.47 Å². The lowest BCUT2D eigenvalue weighted by Crippen LogP contribution is -2.21. The van der Waals surface area contributed by atoms with E-state index in [-0.39, 0.29) is 23.8 Å². The van der Waals surface area contributed by atoms with Crippen LogP contribution in [0.2, 0.25) is 0 Å². The zero-order valence-corrected chi connectivity index (χ0v) is 18.9. The zero-order chi connectivity index (χ0) is 21.9. The molecule has 0 heterocycles. The van der Waals surface area contributed by atoms with Crippen molar-refractivity contribution < 1.29 is 19.1 Å². The second-order valence-electron chi connectivity index (χ2n) is 7.98. The number of ether oxygens (including phenoxy) is 2. The summed E-state index contributed by atoms with van der Waals surface area (Å²) in [6.45, 7) is 8.26. The molecule has 0 aliphatic carbocycles. The van der Waals surface area contributed by atoms with Gasteiger partial charge in [0.05, 0.1) is 11.8 Å². The molecule has 4 heteroatoms. The number of fused-ring (bicyclic) bond motifs is 1. The Bertz CT molecular complexity index is 827. The summed E-state index contributed by atoms with van der Waals surface area (Å²) < 4.78 is 11.5. The van der Waals surface area contributed by atoms with E-state index in [9.17, 15) is 9.59 Å². The molecule has 0 saturated heterocycles. The van der Waals surface area contributed by atoms with Gasteiger partial charge in [0.2, 0.25) is 0 Å². The number of hydrogen-bond acceptors (Lipinski definition) is 4.